The van der Waals surface area contributed by atoms with Crippen LogP contribution in [0.4, 0.5) is 4.39 Å². The molecule has 6 atom stereocenters. The lowest BCUT2D eigenvalue weighted by molar-refractivity contribution is -0.276. The summed E-state index contributed by atoms with van der Waals surface area (Å²) in [5.74, 6) is 0. The molecule has 1 saturated heterocycles. The molecule has 0 amide bonds. The molecule has 0 spiro atoms. The zero-order valence-electron chi connectivity index (χ0n) is 8.90. The average Bonchev–Trinajstić information content (AvgIpc) is 2.27. The van der Waals surface area contributed by atoms with Gasteiger partial charge in [0.05, 0.1) is 6.61 Å². The second-order valence-electron chi connectivity index (χ2n) is 3.78. The zero-order chi connectivity index (χ0) is 14.1. The Kier molecular flexibility index (Phi) is 5.18. The third-order valence-corrected chi connectivity index (χ3v) is 2.87. The summed E-state index contributed by atoms with van der Waals surface area (Å²) in [6.07, 6.45) is -11.5. The van der Waals surface area contributed by atoms with Crippen molar-refractivity contribution in [2.24, 2.45) is 0 Å². The Morgan fingerprint density at radius 1 is 1.22 bits per heavy atom. The van der Waals surface area contributed by atoms with Crippen LogP contribution in [0.3, 0.4) is 0 Å². The molecule has 0 aromatic rings. The summed E-state index contributed by atoms with van der Waals surface area (Å²) >= 11 is 0. The number of aliphatic hydroxyl groups excluding tert-OH is 4. The smallest absolute Gasteiger partial charge is 0.388 e. The molecule has 1 fully saturated rings. The Morgan fingerprint density at radius 3 is 2.28 bits per heavy atom. The molecule has 0 aromatic carbocycles. The van der Waals surface area contributed by atoms with E-state index in [0.717, 1.165) is 0 Å². The van der Waals surface area contributed by atoms with Gasteiger partial charge in [0, 0.05) is 0 Å². The van der Waals surface area contributed by atoms with E-state index in [0.29, 0.717) is 0 Å². The van der Waals surface area contributed by atoms with E-state index >= 15 is 0 Å². The van der Waals surface area contributed by atoms with Gasteiger partial charge in [0.2, 0.25) is 6.36 Å². The molecule has 6 N–H and O–H groups in total. The van der Waals surface area contributed by atoms with Gasteiger partial charge in [-0.25, -0.2) is 8.96 Å². The molecule has 9 nitrogen and oxygen atoms in total. The number of phosphoric ester groups is 1. The van der Waals surface area contributed by atoms with E-state index in [9.17, 15) is 24.3 Å². The summed E-state index contributed by atoms with van der Waals surface area (Å²) in [6.45, 7) is -0.943. The number of phosphoric acid groups is 1. The van der Waals surface area contributed by atoms with Gasteiger partial charge in [0.1, 0.15) is 30.5 Å². The van der Waals surface area contributed by atoms with E-state index in [1.165, 1.54) is 0 Å². The highest BCUT2D eigenvalue weighted by Gasteiger charge is 2.46. The van der Waals surface area contributed by atoms with Crippen LogP contribution < -0.4 is 0 Å². The minimum atomic E-state index is -4.84. The van der Waals surface area contributed by atoms with Gasteiger partial charge in [-0.2, -0.15) is 0 Å². The monoisotopic (exact) mass is 292 g/mol. The van der Waals surface area contributed by atoms with Crippen molar-refractivity contribution in [1.29, 1.82) is 0 Å². The first-order chi connectivity index (χ1) is 8.13. The van der Waals surface area contributed by atoms with Gasteiger partial charge in [0.25, 0.3) is 0 Å². The highest BCUT2D eigenvalue weighted by molar-refractivity contribution is 7.46. The fourth-order valence-electron chi connectivity index (χ4n) is 1.45. The maximum atomic E-state index is 13.0. The standard InChI is InChI=1S/C7H14FO9P/c8-7-5(12)3(10)4(11)6(17-7)2(9)1-16-18(13,14)15/h2-7,9-12H,1H2,(H2,13,14,15)/t2-,3?,4+,5-,6?,7+/m1/s1. The molecular weight excluding hydrogens is 278 g/mol. The van der Waals surface area contributed by atoms with Gasteiger partial charge < -0.3 is 34.9 Å². The van der Waals surface area contributed by atoms with Crippen LogP contribution in [-0.4, -0.2) is 73.7 Å². The van der Waals surface area contributed by atoms with Crippen LogP contribution in [0.25, 0.3) is 0 Å². The average molecular weight is 292 g/mol. The summed E-state index contributed by atoms with van der Waals surface area (Å²) in [7, 11) is -4.84. The van der Waals surface area contributed by atoms with Gasteiger partial charge in [-0.3, -0.25) is 4.52 Å². The fraction of sp³-hybridized carbons (Fsp3) is 1.00. The lowest BCUT2D eigenvalue weighted by Gasteiger charge is -2.39. The summed E-state index contributed by atoms with van der Waals surface area (Å²) in [6, 6.07) is 0. The molecule has 18 heavy (non-hydrogen) atoms. The Labute approximate surface area is 101 Å². The van der Waals surface area contributed by atoms with Crippen molar-refractivity contribution >= 4 is 7.82 Å². The number of aliphatic hydroxyl groups is 4. The third-order valence-electron chi connectivity index (χ3n) is 2.38. The number of halogens is 1. The highest BCUT2D eigenvalue weighted by atomic mass is 31.2. The van der Waals surface area contributed by atoms with E-state index in [2.05, 4.69) is 9.26 Å². The van der Waals surface area contributed by atoms with Gasteiger partial charge in [0.15, 0.2) is 0 Å². The molecule has 1 aliphatic heterocycles. The molecule has 0 saturated carbocycles. The Balaban J connectivity index is 2.62. The minimum absolute atomic E-state index is 0.943. The summed E-state index contributed by atoms with van der Waals surface area (Å²) in [5, 5.41) is 37.1. The quantitative estimate of drug-likeness (QED) is 0.302. The van der Waals surface area contributed by atoms with Gasteiger partial charge >= 0.3 is 7.82 Å². The molecule has 2 unspecified atom stereocenters. The van der Waals surface area contributed by atoms with Crippen LogP contribution in [-0.2, 0) is 13.8 Å². The van der Waals surface area contributed by atoms with Crippen molar-refractivity contribution in [1.82, 2.24) is 0 Å². The lowest BCUT2D eigenvalue weighted by Crippen LogP contribution is -2.60. The van der Waals surface area contributed by atoms with E-state index in [4.69, 9.17) is 14.9 Å². The maximum absolute atomic E-state index is 13.0. The van der Waals surface area contributed by atoms with Crippen molar-refractivity contribution in [2.75, 3.05) is 6.61 Å². The van der Waals surface area contributed by atoms with E-state index in [-0.39, 0.29) is 0 Å². The van der Waals surface area contributed by atoms with E-state index in [1.54, 1.807) is 0 Å². The fourth-order valence-corrected chi connectivity index (χ4v) is 1.80. The van der Waals surface area contributed by atoms with Crippen LogP contribution in [0.15, 0.2) is 0 Å². The van der Waals surface area contributed by atoms with Gasteiger partial charge in [-0.15, -0.1) is 0 Å². The van der Waals surface area contributed by atoms with Crippen molar-refractivity contribution < 1.29 is 48.4 Å². The number of hydrogen-bond acceptors (Lipinski definition) is 7. The number of alkyl halides is 1. The number of ether oxygens (including phenoxy) is 1. The minimum Gasteiger partial charge on any atom is -0.388 e. The zero-order valence-corrected chi connectivity index (χ0v) is 9.80. The van der Waals surface area contributed by atoms with E-state index < -0.39 is 51.3 Å². The van der Waals surface area contributed by atoms with Crippen LogP contribution in [0.5, 0.6) is 0 Å². The molecular formula is C7H14FO9P. The lowest BCUT2D eigenvalue weighted by atomic mass is 9.96. The second-order valence-corrected chi connectivity index (χ2v) is 5.02. The first-order valence-electron chi connectivity index (χ1n) is 4.85. The van der Waals surface area contributed by atoms with Crippen molar-refractivity contribution in [3.8, 4) is 0 Å². The topological polar surface area (TPSA) is 157 Å². The Bertz CT molecular complexity index is 322. The van der Waals surface area contributed by atoms with Gasteiger partial charge in [-0.1, -0.05) is 0 Å². The highest BCUT2D eigenvalue weighted by Crippen LogP contribution is 2.36. The predicted molar refractivity (Wildman–Crippen MR) is 51.8 cm³/mol. The van der Waals surface area contributed by atoms with Gasteiger partial charge in [-0.05, 0) is 0 Å². The summed E-state index contributed by atoms with van der Waals surface area (Å²) in [4.78, 5) is 16.8. The molecule has 1 aliphatic rings. The first-order valence-corrected chi connectivity index (χ1v) is 6.38. The normalized spacial score (nSPS) is 39.6. The third kappa shape index (κ3) is 3.92. The van der Waals surface area contributed by atoms with Crippen molar-refractivity contribution in [3.05, 3.63) is 0 Å². The summed E-state index contributed by atoms with van der Waals surface area (Å²) in [5.41, 5.74) is 0. The molecule has 11 heteroatoms. The number of hydrogen-bond donors (Lipinski definition) is 6. The second kappa shape index (κ2) is 5.87. The molecule has 0 bridgehead atoms. The maximum Gasteiger partial charge on any atom is 0.469 e. The molecule has 0 aromatic heterocycles. The molecule has 108 valence electrons. The van der Waals surface area contributed by atoms with Crippen molar-refractivity contribution in [2.45, 2.75) is 36.9 Å². The Hall–Kier alpha value is -0.160. The van der Waals surface area contributed by atoms with E-state index in [1.807, 2.05) is 0 Å². The summed E-state index contributed by atoms with van der Waals surface area (Å²) < 4.78 is 31.8. The molecule has 0 aliphatic carbocycles. The van der Waals surface area contributed by atoms with Crippen molar-refractivity contribution in [3.63, 3.8) is 0 Å². The molecule has 1 rings (SSSR count). The molecule has 1 heterocycles. The van der Waals surface area contributed by atoms with Crippen LogP contribution >= 0.6 is 7.82 Å². The first kappa shape index (κ1) is 15.9. The number of rotatable bonds is 4. The predicted octanol–water partition coefficient (Wildman–Crippen LogP) is -2.77. The molecule has 0 radical (unpaired) electrons. The van der Waals surface area contributed by atoms with Crippen LogP contribution in [0.2, 0.25) is 0 Å². The Morgan fingerprint density at radius 2 is 1.78 bits per heavy atom. The largest absolute Gasteiger partial charge is 0.469 e. The SMILES string of the molecule is O=P(O)(O)OC[C@@H](O)C1O[C@H](F)[C@H](O)C(O)[C@@H]1O. The van der Waals surface area contributed by atoms with Crippen LogP contribution in [0.1, 0.15) is 0 Å². The van der Waals surface area contributed by atoms with Crippen LogP contribution in [0, 0.1) is 0 Å².